The summed E-state index contributed by atoms with van der Waals surface area (Å²) < 4.78 is 11.7. The van der Waals surface area contributed by atoms with Crippen LogP contribution < -0.4 is 0 Å². The number of aromatic nitrogens is 1. The van der Waals surface area contributed by atoms with E-state index in [0.29, 0.717) is 11.3 Å². The number of carbonyl (C=O) groups excluding carboxylic acids is 2. The molecule has 0 saturated carbocycles. The highest BCUT2D eigenvalue weighted by Crippen LogP contribution is 2.25. The average molecular weight is 371 g/mol. The van der Waals surface area contributed by atoms with Gasteiger partial charge in [-0.2, -0.15) is 0 Å². The molecular weight excluding hydrogens is 342 g/mol. The smallest absolute Gasteiger partial charge is 0.418 e. The molecule has 0 bridgehead atoms. The number of hydrogen-bond donors (Lipinski definition) is 0. The van der Waals surface area contributed by atoms with Gasteiger partial charge in [0.1, 0.15) is 5.60 Å². The Bertz CT molecular complexity index is 782. The maximum absolute atomic E-state index is 12.7. The van der Waals surface area contributed by atoms with Crippen molar-refractivity contribution in [2.45, 2.75) is 59.0 Å². The van der Waals surface area contributed by atoms with E-state index in [1.807, 2.05) is 39.0 Å². The molecule has 0 atom stereocenters. The van der Waals surface area contributed by atoms with E-state index in [1.165, 1.54) is 17.2 Å². The number of methoxy groups -OCH3 is 1. The Hall–Kier alpha value is -2.56. The normalized spacial score (nSPS) is 11.3. The third-order valence-corrected chi connectivity index (χ3v) is 4.11. The molecule has 1 heterocycles. The van der Waals surface area contributed by atoms with Crippen molar-refractivity contribution in [1.29, 1.82) is 0 Å². The molecule has 0 N–H and O–H groups in total. The molecule has 1 aromatic heterocycles. The van der Waals surface area contributed by atoms with E-state index in [9.17, 15) is 9.59 Å². The van der Waals surface area contributed by atoms with Gasteiger partial charge in [0.25, 0.3) is 0 Å². The summed E-state index contributed by atoms with van der Waals surface area (Å²) in [5, 5.41) is 0. The first-order valence-corrected chi connectivity index (χ1v) is 9.34. The van der Waals surface area contributed by atoms with Crippen molar-refractivity contribution in [3.05, 3.63) is 47.7 Å². The van der Waals surface area contributed by atoms with Crippen LogP contribution in [-0.4, -0.2) is 29.3 Å². The second kappa shape index (κ2) is 8.89. The second-order valence-electron chi connectivity index (χ2n) is 7.64. The molecule has 5 heteroatoms. The van der Waals surface area contributed by atoms with Crippen LogP contribution in [0.2, 0.25) is 0 Å². The average Bonchev–Trinajstić information content (AvgIpc) is 3.02. The third-order valence-electron chi connectivity index (χ3n) is 4.11. The zero-order valence-corrected chi connectivity index (χ0v) is 16.9. The fourth-order valence-electron chi connectivity index (χ4n) is 2.76. The Morgan fingerprint density at radius 2 is 1.74 bits per heavy atom. The number of ether oxygens (including phenoxy) is 2. The highest BCUT2D eigenvalue weighted by atomic mass is 16.6. The molecule has 1 aromatic carbocycles. The van der Waals surface area contributed by atoms with Gasteiger partial charge in [0, 0.05) is 6.20 Å². The SMILES string of the molecule is CCCCc1ccc(-c2cc(CC(=O)OC)cn2C(=O)OC(C)(C)C)cc1. The van der Waals surface area contributed by atoms with Gasteiger partial charge in [0.15, 0.2) is 0 Å². The lowest BCUT2D eigenvalue weighted by Crippen LogP contribution is -2.27. The molecule has 0 aliphatic rings. The summed E-state index contributed by atoms with van der Waals surface area (Å²) in [6, 6.07) is 10.0. The van der Waals surface area contributed by atoms with Gasteiger partial charge in [-0.1, -0.05) is 37.6 Å². The monoisotopic (exact) mass is 371 g/mol. The molecule has 0 aliphatic heterocycles. The van der Waals surface area contributed by atoms with Crippen LogP contribution >= 0.6 is 0 Å². The van der Waals surface area contributed by atoms with E-state index < -0.39 is 11.7 Å². The first-order valence-electron chi connectivity index (χ1n) is 9.34. The van der Waals surface area contributed by atoms with Crippen molar-refractivity contribution in [2.75, 3.05) is 7.11 Å². The molecule has 2 rings (SSSR count). The topological polar surface area (TPSA) is 57.5 Å². The van der Waals surface area contributed by atoms with E-state index in [2.05, 4.69) is 19.1 Å². The van der Waals surface area contributed by atoms with Crippen LogP contribution in [0, 0.1) is 0 Å². The van der Waals surface area contributed by atoms with Crippen molar-refractivity contribution in [3.8, 4) is 11.3 Å². The first kappa shape index (κ1) is 20.7. The lowest BCUT2D eigenvalue weighted by molar-refractivity contribution is -0.139. The highest BCUT2D eigenvalue weighted by Gasteiger charge is 2.22. The Labute approximate surface area is 161 Å². The lowest BCUT2D eigenvalue weighted by atomic mass is 10.0. The van der Waals surface area contributed by atoms with E-state index >= 15 is 0 Å². The second-order valence-corrected chi connectivity index (χ2v) is 7.64. The summed E-state index contributed by atoms with van der Waals surface area (Å²) in [7, 11) is 1.35. The van der Waals surface area contributed by atoms with Crippen molar-refractivity contribution in [2.24, 2.45) is 0 Å². The maximum Gasteiger partial charge on any atom is 0.418 e. The van der Waals surface area contributed by atoms with Gasteiger partial charge in [-0.3, -0.25) is 9.36 Å². The molecule has 0 aliphatic carbocycles. The lowest BCUT2D eigenvalue weighted by Gasteiger charge is -2.20. The molecule has 0 radical (unpaired) electrons. The fraction of sp³-hybridized carbons (Fsp3) is 0.455. The zero-order valence-electron chi connectivity index (χ0n) is 16.9. The molecule has 5 nitrogen and oxygen atoms in total. The van der Waals surface area contributed by atoms with Crippen LogP contribution in [0.1, 0.15) is 51.7 Å². The third kappa shape index (κ3) is 5.98. The van der Waals surface area contributed by atoms with Gasteiger partial charge in [0.05, 0.1) is 19.2 Å². The van der Waals surface area contributed by atoms with Crippen molar-refractivity contribution < 1.29 is 19.1 Å². The van der Waals surface area contributed by atoms with Crippen molar-refractivity contribution in [3.63, 3.8) is 0 Å². The Kier molecular flexibility index (Phi) is 6.83. The molecule has 27 heavy (non-hydrogen) atoms. The molecule has 0 fully saturated rings. The molecule has 0 saturated heterocycles. The summed E-state index contributed by atoms with van der Waals surface area (Å²) in [4.78, 5) is 24.3. The molecule has 0 unspecified atom stereocenters. The summed E-state index contributed by atoms with van der Waals surface area (Å²) in [5.41, 5.74) is 2.97. The van der Waals surface area contributed by atoms with Gasteiger partial charge in [-0.25, -0.2) is 4.79 Å². The molecular formula is C22H29NO4. The zero-order chi connectivity index (χ0) is 20.0. The Balaban J connectivity index is 2.37. The molecule has 0 amide bonds. The van der Waals surface area contributed by atoms with Crippen LogP contribution in [0.15, 0.2) is 36.5 Å². The van der Waals surface area contributed by atoms with E-state index in [4.69, 9.17) is 9.47 Å². The van der Waals surface area contributed by atoms with Crippen molar-refractivity contribution >= 4 is 12.1 Å². The molecule has 2 aromatic rings. The predicted molar refractivity (Wildman–Crippen MR) is 106 cm³/mol. The van der Waals surface area contributed by atoms with Gasteiger partial charge in [-0.05, 0) is 56.4 Å². The number of nitrogens with zero attached hydrogens (tertiary/aromatic N) is 1. The number of rotatable bonds is 6. The Morgan fingerprint density at radius 1 is 1.07 bits per heavy atom. The number of carbonyl (C=O) groups is 2. The van der Waals surface area contributed by atoms with Gasteiger partial charge in [-0.15, -0.1) is 0 Å². The number of unbranched alkanes of at least 4 members (excludes halogenated alkanes) is 1. The minimum Gasteiger partial charge on any atom is -0.469 e. The first-order chi connectivity index (χ1) is 12.7. The van der Waals surface area contributed by atoms with Crippen molar-refractivity contribution in [1.82, 2.24) is 4.57 Å². The van der Waals surface area contributed by atoms with E-state index in [0.717, 1.165) is 24.8 Å². The summed E-state index contributed by atoms with van der Waals surface area (Å²) in [6.07, 6.45) is 4.62. The highest BCUT2D eigenvalue weighted by molar-refractivity contribution is 5.81. The number of esters is 1. The molecule has 146 valence electrons. The number of hydrogen-bond acceptors (Lipinski definition) is 4. The summed E-state index contributed by atoms with van der Waals surface area (Å²) in [5.74, 6) is -0.349. The van der Waals surface area contributed by atoms with Gasteiger partial charge < -0.3 is 9.47 Å². The number of benzene rings is 1. The van der Waals surface area contributed by atoms with Gasteiger partial charge in [0.2, 0.25) is 0 Å². The largest absolute Gasteiger partial charge is 0.469 e. The standard InChI is InChI=1S/C22H29NO4/c1-6-7-8-16-9-11-18(12-10-16)19-13-17(14-20(24)26-5)15-23(19)21(25)27-22(2,3)4/h9-13,15H,6-8,14H2,1-5H3. The van der Waals surface area contributed by atoms with Crippen LogP contribution in [0.25, 0.3) is 11.3 Å². The molecule has 0 spiro atoms. The van der Waals surface area contributed by atoms with Crippen LogP contribution in [-0.2, 0) is 27.1 Å². The minimum absolute atomic E-state index is 0.105. The summed E-state index contributed by atoms with van der Waals surface area (Å²) >= 11 is 0. The predicted octanol–water partition coefficient (Wildman–Crippen LogP) is 5.00. The quantitative estimate of drug-likeness (QED) is 0.671. The summed E-state index contributed by atoms with van der Waals surface area (Å²) in [6.45, 7) is 7.65. The van der Waals surface area contributed by atoms with Crippen LogP contribution in [0.4, 0.5) is 4.79 Å². The van der Waals surface area contributed by atoms with E-state index in [1.54, 1.807) is 6.20 Å². The fourth-order valence-corrected chi connectivity index (χ4v) is 2.76. The minimum atomic E-state index is -0.606. The number of aryl methyl sites for hydroxylation is 1. The van der Waals surface area contributed by atoms with Gasteiger partial charge >= 0.3 is 12.1 Å². The Morgan fingerprint density at radius 3 is 2.30 bits per heavy atom. The van der Waals surface area contributed by atoms with E-state index in [-0.39, 0.29) is 12.4 Å². The van der Waals surface area contributed by atoms with Crippen LogP contribution in [0.5, 0.6) is 0 Å². The maximum atomic E-state index is 12.7. The van der Waals surface area contributed by atoms with Crippen LogP contribution in [0.3, 0.4) is 0 Å².